The fourth-order valence-electron chi connectivity index (χ4n) is 3.69. The number of anilines is 1. The third-order valence-electron chi connectivity index (χ3n) is 5.93. The van der Waals surface area contributed by atoms with E-state index >= 15 is 0 Å². The lowest BCUT2D eigenvalue weighted by molar-refractivity contribution is -0.291. The molecule has 1 fully saturated rings. The minimum atomic E-state index is -6.19. The summed E-state index contributed by atoms with van der Waals surface area (Å²) in [5.74, 6) is -9.12. The molecule has 42 heavy (non-hydrogen) atoms. The number of allylic oxidation sites excluding steroid dienone is 1. The van der Waals surface area contributed by atoms with Crippen LogP contribution in [0.1, 0.15) is 41.4 Å². The Hall–Kier alpha value is -4.33. The highest BCUT2D eigenvalue weighted by Gasteiger charge is 2.62. The molecule has 3 rings (SSSR count). The maximum Gasteiger partial charge on any atom is 0.459 e. The van der Waals surface area contributed by atoms with Crippen molar-refractivity contribution in [1.29, 1.82) is 10.7 Å². The largest absolute Gasteiger partial charge is 0.459 e. The number of benzene rings is 1. The Labute approximate surface area is 237 Å². The number of nitrogens with one attached hydrogen (secondary N) is 2. The number of rotatable bonds is 10. The van der Waals surface area contributed by atoms with Crippen LogP contribution in [0.3, 0.4) is 0 Å². The number of nitrogens with zero attached hydrogens (tertiary/aromatic N) is 4. The summed E-state index contributed by atoms with van der Waals surface area (Å²) in [6, 6.07) is 5.50. The van der Waals surface area contributed by atoms with E-state index in [0.29, 0.717) is 15.8 Å². The fourth-order valence-corrected chi connectivity index (χ4v) is 3.89. The molecular weight excluding hydrogens is 605 g/mol. The van der Waals surface area contributed by atoms with Crippen molar-refractivity contribution in [3.63, 3.8) is 0 Å². The quantitative estimate of drug-likeness (QED) is 0.242. The summed E-state index contributed by atoms with van der Waals surface area (Å²) < 4.78 is 102. The monoisotopic (exact) mass is 624 g/mol. The number of aromatic nitrogens is 2. The Morgan fingerprint density at radius 3 is 2.45 bits per heavy atom. The van der Waals surface area contributed by atoms with Gasteiger partial charge in [-0.1, -0.05) is 17.7 Å². The van der Waals surface area contributed by atoms with Gasteiger partial charge in [-0.2, -0.15) is 41.1 Å². The minimum absolute atomic E-state index is 0.0233. The van der Waals surface area contributed by atoms with Crippen LogP contribution < -0.4 is 10.1 Å². The molecular formula is C24H20ClF7N6O4. The standard InChI is InChI=1S/C24H20ClF7N6O4/c1-3-41-21(40)38(22(11-34)6-7-22)19(39)14-8-12(4-5-15(14)25)13(9-33)10-35-18-16(42-20(26)27)17(36-37(18)2)23(28,29)24(30,31)32/h4-5,8-10,20,33,35H,3,6-7H2,1-2H3/b13-10+,33-9?. The van der Waals surface area contributed by atoms with Crippen LogP contribution in [0, 0.1) is 16.7 Å². The van der Waals surface area contributed by atoms with Crippen LogP contribution in [0.25, 0.3) is 5.57 Å². The number of halogens is 8. The van der Waals surface area contributed by atoms with Crippen LogP contribution in [0.2, 0.25) is 5.02 Å². The third-order valence-corrected chi connectivity index (χ3v) is 6.26. The molecule has 2 N–H and O–H groups in total. The zero-order valence-corrected chi connectivity index (χ0v) is 22.3. The van der Waals surface area contributed by atoms with Crippen molar-refractivity contribution in [2.75, 3.05) is 11.9 Å². The molecule has 0 radical (unpaired) electrons. The molecule has 2 amide bonds. The summed E-state index contributed by atoms with van der Waals surface area (Å²) in [6.45, 7) is -2.42. The number of carbonyl (C=O) groups is 2. The molecule has 1 heterocycles. The molecule has 2 aromatic rings. The predicted octanol–water partition coefficient (Wildman–Crippen LogP) is 6.09. The lowest BCUT2D eigenvalue weighted by Crippen LogP contribution is -2.46. The first-order valence-electron chi connectivity index (χ1n) is 11.7. The molecule has 0 saturated heterocycles. The number of aryl methyl sites for hydroxylation is 1. The fraction of sp³-hybridized carbons (Fsp3) is 0.375. The lowest BCUT2D eigenvalue weighted by Gasteiger charge is -2.25. The molecule has 1 aliphatic rings. The first-order chi connectivity index (χ1) is 19.5. The normalized spacial score (nSPS) is 14.7. The molecule has 1 aromatic heterocycles. The Bertz CT molecular complexity index is 1460. The van der Waals surface area contributed by atoms with Crippen molar-refractivity contribution < 1.29 is 49.8 Å². The van der Waals surface area contributed by atoms with Crippen LogP contribution in [0.5, 0.6) is 5.75 Å². The number of imide groups is 1. The zero-order chi connectivity index (χ0) is 31.6. The topological polar surface area (TPSA) is 133 Å². The Morgan fingerprint density at radius 2 is 1.95 bits per heavy atom. The van der Waals surface area contributed by atoms with Gasteiger partial charge in [-0.15, -0.1) is 0 Å². The SMILES string of the molecule is CCOC(=O)N(C(=O)c1cc(/C(C=N)=C/Nc2c(OC(F)F)c(C(F)(F)C(F)(F)F)nn2C)ccc1Cl)C1(C#N)CC1. The Balaban J connectivity index is 2.05. The predicted molar refractivity (Wildman–Crippen MR) is 132 cm³/mol. The highest BCUT2D eigenvalue weighted by molar-refractivity contribution is 6.34. The van der Waals surface area contributed by atoms with Gasteiger partial charge in [0.2, 0.25) is 0 Å². The maximum atomic E-state index is 14.0. The number of amides is 2. The number of hydrogen-bond acceptors (Lipinski definition) is 8. The first kappa shape index (κ1) is 32.2. The minimum Gasteiger partial charge on any atom is -0.449 e. The average molecular weight is 625 g/mol. The summed E-state index contributed by atoms with van der Waals surface area (Å²) in [4.78, 5) is 26.6. The van der Waals surface area contributed by atoms with Crippen LogP contribution >= 0.6 is 11.6 Å². The van der Waals surface area contributed by atoms with Crippen LogP contribution in [0.4, 0.5) is 41.3 Å². The Kier molecular flexibility index (Phi) is 9.10. The van der Waals surface area contributed by atoms with Gasteiger partial charge in [-0.05, 0) is 37.5 Å². The molecule has 226 valence electrons. The van der Waals surface area contributed by atoms with Gasteiger partial charge in [0.25, 0.3) is 5.91 Å². The molecule has 0 unspecified atom stereocenters. The summed E-state index contributed by atoms with van der Waals surface area (Å²) in [7, 11) is 0.875. The number of alkyl halides is 7. The second kappa shape index (κ2) is 11.9. The van der Waals surface area contributed by atoms with Gasteiger partial charge in [0, 0.05) is 25.0 Å². The van der Waals surface area contributed by atoms with E-state index in [2.05, 4.69) is 15.2 Å². The molecule has 18 heteroatoms. The molecule has 0 aliphatic heterocycles. The summed E-state index contributed by atoms with van der Waals surface area (Å²) >= 11 is 6.19. The third kappa shape index (κ3) is 6.12. The number of hydrogen-bond donors (Lipinski definition) is 2. The van der Waals surface area contributed by atoms with Crippen LogP contribution in [-0.4, -0.2) is 57.8 Å². The number of carbonyl (C=O) groups excluding carboxylic acids is 2. The molecule has 1 saturated carbocycles. The van der Waals surface area contributed by atoms with E-state index in [1.807, 2.05) is 6.07 Å². The van der Waals surface area contributed by atoms with Crippen molar-refractivity contribution in [2.24, 2.45) is 7.05 Å². The summed E-state index contributed by atoms with van der Waals surface area (Å²) in [5, 5.41) is 22.4. The summed E-state index contributed by atoms with van der Waals surface area (Å²) in [5.41, 5.74) is -4.03. The molecule has 0 spiro atoms. The second-order valence-corrected chi connectivity index (χ2v) is 9.07. The molecule has 0 atom stereocenters. The van der Waals surface area contributed by atoms with E-state index in [0.717, 1.165) is 19.3 Å². The van der Waals surface area contributed by atoms with E-state index in [1.165, 1.54) is 19.1 Å². The number of nitriles is 1. The van der Waals surface area contributed by atoms with Gasteiger partial charge >= 0.3 is 24.8 Å². The van der Waals surface area contributed by atoms with Crippen molar-refractivity contribution in [1.82, 2.24) is 14.7 Å². The van der Waals surface area contributed by atoms with E-state index in [-0.39, 0.29) is 41.2 Å². The van der Waals surface area contributed by atoms with Gasteiger partial charge in [0.15, 0.2) is 17.3 Å². The summed E-state index contributed by atoms with van der Waals surface area (Å²) in [6.07, 6.45) is -5.39. The van der Waals surface area contributed by atoms with E-state index in [9.17, 15) is 45.6 Å². The van der Waals surface area contributed by atoms with Crippen LogP contribution in [0.15, 0.2) is 24.4 Å². The van der Waals surface area contributed by atoms with Crippen molar-refractivity contribution >= 4 is 41.2 Å². The van der Waals surface area contributed by atoms with Crippen molar-refractivity contribution in [2.45, 2.75) is 44.0 Å². The molecule has 10 nitrogen and oxygen atoms in total. The lowest BCUT2D eigenvalue weighted by atomic mass is 10.0. The first-order valence-corrected chi connectivity index (χ1v) is 12.1. The molecule has 0 bridgehead atoms. The van der Waals surface area contributed by atoms with Crippen molar-refractivity contribution in [3.8, 4) is 11.8 Å². The van der Waals surface area contributed by atoms with Gasteiger partial charge in [-0.3, -0.25) is 4.79 Å². The zero-order valence-electron chi connectivity index (χ0n) is 21.5. The van der Waals surface area contributed by atoms with Gasteiger partial charge in [-0.25, -0.2) is 14.4 Å². The van der Waals surface area contributed by atoms with E-state index in [4.69, 9.17) is 21.7 Å². The van der Waals surface area contributed by atoms with Gasteiger partial charge in [0.05, 0.1) is 23.3 Å². The second-order valence-electron chi connectivity index (χ2n) is 8.67. The number of ether oxygens (including phenoxy) is 2. The van der Waals surface area contributed by atoms with Crippen LogP contribution in [-0.2, 0) is 17.7 Å². The highest BCUT2D eigenvalue weighted by Crippen LogP contribution is 2.49. The Morgan fingerprint density at radius 1 is 1.31 bits per heavy atom. The highest BCUT2D eigenvalue weighted by atomic mass is 35.5. The van der Waals surface area contributed by atoms with Crippen molar-refractivity contribution in [3.05, 3.63) is 46.2 Å². The smallest absolute Gasteiger partial charge is 0.449 e. The average Bonchev–Trinajstić information content (AvgIpc) is 3.62. The van der Waals surface area contributed by atoms with E-state index in [1.54, 1.807) is 0 Å². The van der Waals surface area contributed by atoms with Gasteiger partial charge < -0.3 is 20.2 Å². The van der Waals surface area contributed by atoms with E-state index < -0.39 is 53.5 Å². The molecule has 1 aromatic carbocycles. The molecule has 1 aliphatic carbocycles. The maximum absolute atomic E-state index is 14.0. The van der Waals surface area contributed by atoms with Gasteiger partial charge in [0.1, 0.15) is 5.54 Å².